The number of nitrogens with zero attached hydrogens (tertiary/aromatic N) is 2. The molecular formula is C24H31N3O2. The molecule has 5 heteroatoms. The van der Waals surface area contributed by atoms with Crippen molar-refractivity contribution in [1.82, 2.24) is 14.9 Å². The summed E-state index contributed by atoms with van der Waals surface area (Å²) in [5.74, 6) is 2.48. The first kappa shape index (κ1) is 20.9. The number of benzene rings is 2. The molecule has 5 nitrogen and oxygen atoms in total. The van der Waals surface area contributed by atoms with Gasteiger partial charge in [-0.3, -0.25) is 0 Å². The molecule has 0 saturated heterocycles. The monoisotopic (exact) mass is 393 g/mol. The highest BCUT2D eigenvalue weighted by atomic mass is 16.5. The van der Waals surface area contributed by atoms with Crippen LogP contribution in [0.3, 0.4) is 0 Å². The minimum absolute atomic E-state index is 0.105. The van der Waals surface area contributed by atoms with Gasteiger partial charge in [-0.15, -0.1) is 0 Å². The molecule has 3 rings (SSSR count). The van der Waals surface area contributed by atoms with Crippen molar-refractivity contribution in [2.45, 2.75) is 39.3 Å². The standard InChI is InChI=1S/C24H31N3O2/c1-16-9-7-8-10-19(16)13-21(20-11-12-23(28-5)24(14-20)29-6)25-17(2)22-15-27(4)18(3)26-22/h7-12,14-15,17,21,25H,13H2,1-6H3/t17-,21-/m0/s1. The molecule has 2 aromatic carbocycles. The van der Waals surface area contributed by atoms with E-state index in [0.717, 1.165) is 35.0 Å². The van der Waals surface area contributed by atoms with Crippen molar-refractivity contribution in [2.24, 2.45) is 7.05 Å². The Morgan fingerprint density at radius 1 is 1.03 bits per heavy atom. The molecule has 0 spiro atoms. The van der Waals surface area contributed by atoms with Crippen molar-refractivity contribution >= 4 is 0 Å². The Morgan fingerprint density at radius 3 is 2.38 bits per heavy atom. The van der Waals surface area contributed by atoms with Gasteiger partial charge in [0.15, 0.2) is 11.5 Å². The predicted molar refractivity (Wildman–Crippen MR) is 117 cm³/mol. The number of aromatic nitrogens is 2. The van der Waals surface area contributed by atoms with Crippen molar-refractivity contribution in [1.29, 1.82) is 0 Å². The van der Waals surface area contributed by atoms with Crippen molar-refractivity contribution in [3.05, 3.63) is 76.9 Å². The Kier molecular flexibility index (Phi) is 6.60. The number of rotatable bonds is 8. The summed E-state index contributed by atoms with van der Waals surface area (Å²) in [6.45, 7) is 6.34. The van der Waals surface area contributed by atoms with Crippen LogP contribution in [0.25, 0.3) is 0 Å². The third-order valence-electron chi connectivity index (χ3n) is 5.52. The highest BCUT2D eigenvalue weighted by Crippen LogP contribution is 2.32. The number of aryl methyl sites for hydroxylation is 3. The topological polar surface area (TPSA) is 48.3 Å². The zero-order valence-electron chi connectivity index (χ0n) is 18.2. The first-order valence-corrected chi connectivity index (χ1v) is 9.95. The molecule has 1 aromatic heterocycles. The van der Waals surface area contributed by atoms with Crippen LogP contribution in [0.2, 0.25) is 0 Å². The molecule has 1 N–H and O–H groups in total. The van der Waals surface area contributed by atoms with Crippen LogP contribution >= 0.6 is 0 Å². The van der Waals surface area contributed by atoms with Crippen LogP contribution in [0, 0.1) is 13.8 Å². The lowest BCUT2D eigenvalue weighted by Crippen LogP contribution is -2.27. The fourth-order valence-corrected chi connectivity index (χ4v) is 3.58. The average Bonchev–Trinajstić information content (AvgIpc) is 3.07. The van der Waals surface area contributed by atoms with Crippen molar-refractivity contribution in [3.8, 4) is 11.5 Å². The van der Waals surface area contributed by atoms with E-state index in [1.54, 1.807) is 14.2 Å². The number of imidazole rings is 1. The van der Waals surface area contributed by atoms with Gasteiger partial charge in [0.05, 0.1) is 19.9 Å². The first-order valence-electron chi connectivity index (χ1n) is 9.95. The normalized spacial score (nSPS) is 13.2. The molecule has 0 bridgehead atoms. The van der Waals surface area contributed by atoms with E-state index in [1.807, 2.05) is 20.0 Å². The molecule has 0 aliphatic heterocycles. The molecular weight excluding hydrogens is 362 g/mol. The molecule has 154 valence electrons. The Labute approximate surface area is 173 Å². The highest BCUT2D eigenvalue weighted by molar-refractivity contribution is 5.44. The lowest BCUT2D eigenvalue weighted by molar-refractivity contribution is 0.353. The summed E-state index contributed by atoms with van der Waals surface area (Å²) in [4.78, 5) is 4.70. The summed E-state index contributed by atoms with van der Waals surface area (Å²) >= 11 is 0. The van der Waals surface area contributed by atoms with E-state index in [-0.39, 0.29) is 12.1 Å². The maximum Gasteiger partial charge on any atom is 0.161 e. The maximum atomic E-state index is 5.54. The Hall–Kier alpha value is -2.79. The summed E-state index contributed by atoms with van der Waals surface area (Å²) < 4.78 is 13.0. The van der Waals surface area contributed by atoms with Gasteiger partial charge in [-0.25, -0.2) is 4.98 Å². The van der Waals surface area contributed by atoms with Gasteiger partial charge in [-0.05, 0) is 56.0 Å². The first-order chi connectivity index (χ1) is 13.9. The molecule has 0 amide bonds. The summed E-state index contributed by atoms with van der Waals surface area (Å²) in [7, 11) is 5.36. The molecule has 0 saturated carbocycles. The van der Waals surface area contributed by atoms with Crippen LogP contribution in [0.4, 0.5) is 0 Å². The van der Waals surface area contributed by atoms with Crippen LogP contribution in [0.1, 0.15) is 47.2 Å². The largest absolute Gasteiger partial charge is 0.493 e. The SMILES string of the molecule is COc1ccc([C@H](Cc2ccccc2C)N[C@@H](C)c2cn(C)c(C)n2)cc1OC. The van der Waals surface area contributed by atoms with E-state index in [4.69, 9.17) is 14.5 Å². The van der Waals surface area contributed by atoms with E-state index in [0.29, 0.717) is 0 Å². The quantitative estimate of drug-likeness (QED) is 0.603. The zero-order chi connectivity index (χ0) is 21.0. The van der Waals surface area contributed by atoms with Crippen molar-refractivity contribution in [3.63, 3.8) is 0 Å². The smallest absolute Gasteiger partial charge is 0.161 e. The lowest BCUT2D eigenvalue weighted by Gasteiger charge is -2.25. The van der Waals surface area contributed by atoms with Crippen LogP contribution < -0.4 is 14.8 Å². The van der Waals surface area contributed by atoms with Crippen LogP contribution in [0.5, 0.6) is 11.5 Å². The Morgan fingerprint density at radius 2 is 1.76 bits per heavy atom. The van der Waals surface area contributed by atoms with Gasteiger partial charge >= 0.3 is 0 Å². The highest BCUT2D eigenvalue weighted by Gasteiger charge is 2.20. The lowest BCUT2D eigenvalue weighted by atomic mass is 9.95. The van der Waals surface area contributed by atoms with Crippen LogP contribution in [0.15, 0.2) is 48.7 Å². The Balaban J connectivity index is 1.94. The third kappa shape index (κ3) is 4.80. The van der Waals surface area contributed by atoms with Crippen LogP contribution in [-0.4, -0.2) is 23.8 Å². The molecule has 0 aliphatic carbocycles. The van der Waals surface area contributed by atoms with Crippen LogP contribution in [-0.2, 0) is 13.5 Å². The van der Waals surface area contributed by atoms with E-state index in [2.05, 4.69) is 66.3 Å². The molecule has 0 radical (unpaired) electrons. The van der Waals surface area contributed by atoms with Gasteiger partial charge in [0.2, 0.25) is 0 Å². The van der Waals surface area contributed by atoms with E-state index in [9.17, 15) is 0 Å². The molecule has 2 atom stereocenters. The minimum Gasteiger partial charge on any atom is -0.493 e. The van der Waals surface area contributed by atoms with Gasteiger partial charge in [0, 0.05) is 25.3 Å². The summed E-state index contributed by atoms with van der Waals surface area (Å²) in [6.07, 6.45) is 2.96. The fraction of sp³-hybridized carbons (Fsp3) is 0.375. The summed E-state index contributed by atoms with van der Waals surface area (Å²) in [5.41, 5.74) is 4.82. The number of ether oxygens (including phenoxy) is 2. The second-order valence-electron chi connectivity index (χ2n) is 7.51. The Bertz CT molecular complexity index is 945. The number of nitrogens with one attached hydrogen (secondary N) is 1. The van der Waals surface area contributed by atoms with Gasteiger partial charge in [0.25, 0.3) is 0 Å². The number of hydrogen-bond donors (Lipinski definition) is 1. The van der Waals surface area contributed by atoms with Gasteiger partial charge in [-0.2, -0.15) is 0 Å². The van der Waals surface area contributed by atoms with Crippen molar-refractivity contribution in [2.75, 3.05) is 14.2 Å². The summed E-state index contributed by atoms with van der Waals surface area (Å²) in [5, 5.41) is 3.78. The third-order valence-corrected chi connectivity index (χ3v) is 5.52. The van der Waals surface area contributed by atoms with E-state index < -0.39 is 0 Å². The average molecular weight is 394 g/mol. The van der Waals surface area contributed by atoms with Gasteiger partial charge in [0.1, 0.15) is 5.82 Å². The fourth-order valence-electron chi connectivity index (χ4n) is 3.58. The molecule has 0 unspecified atom stereocenters. The van der Waals surface area contributed by atoms with Crippen molar-refractivity contribution < 1.29 is 9.47 Å². The predicted octanol–water partition coefficient (Wildman–Crippen LogP) is 4.69. The molecule has 0 aliphatic rings. The molecule has 3 aromatic rings. The molecule has 29 heavy (non-hydrogen) atoms. The second-order valence-corrected chi connectivity index (χ2v) is 7.51. The number of hydrogen-bond acceptors (Lipinski definition) is 4. The zero-order valence-corrected chi connectivity index (χ0v) is 18.2. The van der Waals surface area contributed by atoms with E-state index in [1.165, 1.54) is 11.1 Å². The molecule has 0 fully saturated rings. The van der Waals surface area contributed by atoms with E-state index >= 15 is 0 Å². The van der Waals surface area contributed by atoms with Gasteiger partial charge in [-0.1, -0.05) is 30.3 Å². The minimum atomic E-state index is 0.105. The second kappa shape index (κ2) is 9.14. The number of methoxy groups -OCH3 is 2. The maximum absolute atomic E-state index is 5.54. The summed E-state index contributed by atoms with van der Waals surface area (Å²) in [6, 6.07) is 14.9. The van der Waals surface area contributed by atoms with Gasteiger partial charge < -0.3 is 19.4 Å². The molecule has 1 heterocycles.